The van der Waals surface area contributed by atoms with Gasteiger partial charge in [-0.05, 0) is 36.4 Å². The molecule has 0 bridgehead atoms. The van der Waals surface area contributed by atoms with Crippen LogP contribution in [-0.4, -0.2) is 18.9 Å². The standard InChI is InChI=1S/C28H16N4/c1-3-7-24-18(5-1)20-13-17(14-21-19-6-2-4-8-25(19)32(24)28(20)21)31-26-9-11-29-15-22(26)23-16-30-12-10-27(23)31/h1-16H. The lowest BCUT2D eigenvalue weighted by Crippen LogP contribution is -1.94. The molecule has 8 rings (SSSR count). The summed E-state index contributed by atoms with van der Waals surface area (Å²) in [4.78, 5) is 8.76. The molecule has 0 fully saturated rings. The van der Waals surface area contributed by atoms with E-state index in [1.807, 2.05) is 24.8 Å². The molecule has 0 spiro atoms. The van der Waals surface area contributed by atoms with Crippen LogP contribution >= 0.6 is 0 Å². The van der Waals surface area contributed by atoms with Gasteiger partial charge in [0.1, 0.15) is 0 Å². The Bertz CT molecular complexity index is 1850. The molecule has 4 heteroatoms. The zero-order valence-corrected chi connectivity index (χ0v) is 17.0. The Morgan fingerprint density at radius 3 is 1.59 bits per heavy atom. The van der Waals surface area contributed by atoms with E-state index in [9.17, 15) is 0 Å². The highest BCUT2D eigenvalue weighted by molar-refractivity contribution is 6.24. The highest BCUT2D eigenvalue weighted by atomic mass is 15.0. The van der Waals surface area contributed by atoms with Crippen LogP contribution in [0.1, 0.15) is 0 Å². The van der Waals surface area contributed by atoms with Crippen LogP contribution in [0.25, 0.3) is 65.6 Å². The molecule has 148 valence electrons. The molecule has 4 nitrogen and oxygen atoms in total. The molecule has 5 aromatic heterocycles. The van der Waals surface area contributed by atoms with Crippen molar-refractivity contribution in [1.29, 1.82) is 0 Å². The summed E-state index contributed by atoms with van der Waals surface area (Å²) in [5.41, 5.74) is 7.24. The Morgan fingerprint density at radius 1 is 0.500 bits per heavy atom. The molecule has 0 amide bonds. The number of hydrogen-bond acceptors (Lipinski definition) is 2. The van der Waals surface area contributed by atoms with Gasteiger partial charge in [0.05, 0.1) is 27.6 Å². The number of pyridine rings is 2. The summed E-state index contributed by atoms with van der Waals surface area (Å²) in [5, 5.41) is 7.36. The Kier molecular flexibility index (Phi) is 2.86. The lowest BCUT2D eigenvalue weighted by molar-refractivity contribution is 1.18. The maximum absolute atomic E-state index is 4.38. The third-order valence-electron chi connectivity index (χ3n) is 6.81. The lowest BCUT2D eigenvalue weighted by Gasteiger charge is -2.09. The van der Waals surface area contributed by atoms with Crippen molar-refractivity contribution < 1.29 is 0 Å². The van der Waals surface area contributed by atoms with Crippen molar-refractivity contribution in [2.75, 3.05) is 0 Å². The van der Waals surface area contributed by atoms with Crippen molar-refractivity contribution in [1.82, 2.24) is 18.9 Å². The van der Waals surface area contributed by atoms with E-state index in [-0.39, 0.29) is 0 Å². The van der Waals surface area contributed by atoms with Crippen molar-refractivity contribution in [3.05, 3.63) is 97.6 Å². The molecule has 0 unspecified atom stereocenters. The number of hydrogen-bond donors (Lipinski definition) is 0. The molecule has 32 heavy (non-hydrogen) atoms. The molecule has 0 saturated carbocycles. The largest absolute Gasteiger partial charge is 0.309 e. The van der Waals surface area contributed by atoms with Crippen molar-refractivity contribution in [3.63, 3.8) is 0 Å². The average Bonchev–Trinajstić information content (AvgIpc) is 3.48. The van der Waals surface area contributed by atoms with Crippen molar-refractivity contribution in [2.24, 2.45) is 0 Å². The van der Waals surface area contributed by atoms with E-state index < -0.39 is 0 Å². The summed E-state index contributed by atoms with van der Waals surface area (Å²) < 4.78 is 4.76. The van der Waals surface area contributed by atoms with E-state index in [1.54, 1.807) is 0 Å². The topological polar surface area (TPSA) is 35.1 Å². The molecule has 8 aromatic rings. The normalized spacial score (nSPS) is 12.4. The molecule has 0 aliphatic heterocycles. The second kappa shape index (κ2) is 5.62. The molecule has 0 aliphatic rings. The van der Waals surface area contributed by atoms with Crippen LogP contribution in [0.3, 0.4) is 0 Å². The first-order valence-corrected chi connectivity index (χ1v) is 10.8. The molecule has 5 heterocycles. The number of nitrogens with zero attached hydrogens (tertiary/aromatic N) is 4. The average molecular weight is 408 g/mol. The fraction of sp³-hybridized carbons (Fsp3) is 0. The van der Waals surface area contributed by atoms with E-state index in [2.05, 4.69) is 91.7 Å². The Hall–Kier alpha value is -4.44. The van der Waals surface area contributed by atoms with Gasteiger partial charge in [0.2, 0.25) is 0 Å². The summed E-state index contributed by atoms with van der Waals surface area (Å²) in [6, 6.07) is 26.3. The molecule has 0 atom stereocenters. The van der Waals surface area contributed by atoms with Gasteiger partial charge in [-0.1, -0.05) is 36.4 Å². The summed E-state index contributed by atoms with van der Waals surface area (Å²) in [7, 11) is 0. The van der Waals surface area contributed by atoms with E-state index >= 15 is 0 Å². The molecular formula is C28H16N4. The smallest absolute Gasteiger partial charge is 0.0622 e. The van der Waals surface area contributed by atoms with Gasteiger partial charge < -0.3 is 8.97 Å². The number of rotatable bonds is 1. The number of benzene rings is 3. The van der Waals surface area contributed by atoms with Gasteiger partial charge in [-0.25, -0.2) is 0 Å². The third-order valence-corrected chi connectivity index (χ3v) is 6.81. The maximum atomic E-state index is 4.38. The SMILES string of the molecule is c1ccc2c(c1)c1cc(-n3c4ccncc4c4cnccc43)cc3c4ccccc4n2c13. The minimum Gasteiger partial charge on any atom is -0.309 e. The summed E-state index contributed by atoms with van der Waals surface area (Å²) in [6.45, 7) is 0. The van der Waals surface area contributed by atoms with Crippen LogP contribution in [0.5, 0.6) is 0 Å². The van der Waals surface area contributed by atoms with Crippen LogP contribution in [0, 0.1) is 0 Å². The van der Waals surface area contributed by atoms with Crippen LogP contribution in [0.15, 0.2) is 97.6 Å². The Balaban J connectivity index is 1.64. The first-order valence-electron chi connectivity index (χ1n) is 10.8. The van der Waals surface area contributed by atoms with Crippen molar-refractivity contribution in [3.8, 4) is 5.69 Å². The molecule has 0 radical (unpaired) electrons. The molecule has 0 saturated heterocycles. The third kappa shape index (κ3) is 1.84. The summed E-state index contributed by atoms with van der Waals surface area (Å²) >= 11 is 0. The minimum atomic E-state index is 1.12. The highest BCUT2D eigenvalue weighted by Gasteiger charge is 2.20. The van der Waals surface area contributed by atoms with Crippen LogP contribution in [-0.2, 0) is 0 Å². The van der Waals surface area contributed by atoms with Gasteiger partial charge in [0.25, 0.3) is 0 Å². The van der Waals surface area contributed by atoms with E-state index in [0.717, 1.165) is 27.5 Å². The fourth-order valence-corrected chi connectivity index (χ4v) is 5.55. The number of para-hydroxylation sites is 2. The Labute approximate surface area is 182 Å². The Morgan fingerprint density at radius 2 is 1.03 bits per heavy atom. The fourth-order valence-electron chi connectivity index (χ4n) is 5.55. The first-order chi connectivity index (χ1) is 15.9. The molecule has 0 aliphatic carbocycles. The molecule has 0 N–H and O–H groups in total. The second-order valence-electron chi connectivity index (χ2n) is 8.38. The first kappa shape index (κ1) is 16.3. The van der Waals surface area contributed by atoms with E-state index in [1.165, 1.54) is 38.1 Å². The summed E-state index contributed by atoms with van der Waals surface area (Å²) in [5.74, 6) is 0. The van der Waals surface area contributed by atoms with Crippen LogP contribution in [0.4, 0.5) is 0 Å². The van der Waals surface area contributed by atoms with Gasteiger partial charge in [0, 0.05) is 62.8 Å². The maximum Gasteiger partial charge on any atom is 0.0622 e. The number of fused-ring (bicyclic) bond motifs is 9. The van der Waals surface area contributed by atoms with Crippen molar-refractivity contribution >= 4 is 59.9 Å². The van der Waals surface area contributed by atoms with E-state index in [0.29, 0.717) is 0 Å². The molecular weight excluding hydrogens is 392 g/mol. The van der Waals surface area contributed by atoms with Gasteiger partial charge in [-0.3, -0.25) is 9.97 Å². The predicted molar refractivity (Wildman–Crippen MR) is 131 cm³/mol. The zero-order chi connectivity index (χ0) is 20.8. The van der Waals surface area contributed by atoms with Crippen molar-refractivity contribution in [2.45, 2.75) is 0 Å². The second-order valence-corrected chi connectivity index (χ2v) is 8.38. The number of aromatic nitrogens is 4. The molecule has 3 aromatic carbocycles. The van der Waals surface area contributed by atoms with Crippen LogP contribution < -0.4 is 0 Å². The van der Waals surface area contributed by atoms with Gasteiger partial charge in [0.15, 0.2) is 0 Å². The predicted octanol–water partition coefficient (Wildman–Crippen LogP) is 6.72. The zero-order valence-electron chi connectivity index (χ0n) is 17.0. The highest BCUT2D eigenvalue weighted by Crippen LogP contribution is 2.41. The summed E-state index contributed by atoms with van der Waals surface area (Å²) in [6.07, 6.45) is 7.61. The van der Waals surface area contributed by atoms with E-state index in [4.69, 9.17) is 0 Å². The quantitative estimate of drug-likeness (QED) is 0.302. The van der Waals surface area contributed by atoms with Crippen LogP contribution in [0.2, 0.25) is 0 Å². The lowest BCUT2D eigenvalue weighted by atomic mass is 10.1. The van der Waals surface area contributed by atoms with Gasteiger partial charge >= 0.3 is 0 Å². The minimum absolute atomic E-state index is 1.12. The monoisotopic (exact) mass is 408 g/mol. The van der Waals surface area contributed by atoms with Gasteiger partial charge in [-0.2, -0.15) is 0 Å². The van der Waals surface area contributed by atoms with Gasteiger partial charge in [-0.15, -0.1) is 0 Å².